The van der Waals surface area contributed by atoms with Crippen LogP contribution < -0.4 is 10.2 Å². The number of rotatable bonds is 2. The summed E-state index contributed by atoms with van der Waals surface area (Å²) in [4.78, 5) is 13.9. The van der Waals surface area contributed by atoms with E-state index in [0.29, 0.717) is 5.92 Å². The summed E-state index contributed by atoms with van der Waals surface area (Å²) >= 11 is 0. The highest BCUT2D eigenvalue weighted by Crippen LogP contribution is 2.42. The van der Waals surface area contributed by atoms with Gasteiger partial charge in [0.25, 0.3) is 5.91 Å². The zero-order chi connectivity index (χ0) is 16.5. The average molecular weight is 297 g/mol. The predicted octanol–water partition coefficient (Wildman–Crippen LogP) is 3.06. The Morgan fingerprint density at radius 3 is 2.77 bits per heavy atom. The summed E-state index contributed by atoms with van der Waals surface area (Å²) in [7, 11) is 3.64. The van der Waals surface area contributed by atoms with Crippen molar-refractivity contribution in [1.29, 1.82) is 5.26 Å². The lowest BCUT2D eigenvalue weighted by Crippen LogP contribution is -2.45. The lowest BCUT2D eigenvalue weighted by molar-refractivity contribution is -0.116. The fourth-order valence-electron chi connectivity index (χ4n) is 3.14. The minimum Gasteiger partial charge on any atom is -0.369 e. The molecule has 116 valence electrons. The van der Waals surface area contributed by atoms with Crippen LogP contribution in [0, 0.1) is 11.3 Å². The molecule has 1 aliphatic rings. The first-order chi connectivity index (χ1) is 10.3. The Morgan fingerprint density at radius 2 is 2.18 bits per heavy atom. The van der Waals surface area contributed by atoms with E-state index in [1.807, 2.05) is 12.1 Å². The van der Waals surface area contributed by atoms with Crippen molar-refractivity contribution in [3.8, 4) is 6.07 Å². The lowest BCUT2D eigenvalue weighted by atomic mass is 9.80. The average Bonchev–Trinajstić information content (AvgIpc) is 2.49. The third kappa shape index (κ3) is 2.85. The van der Waals surface area contributed by atoms with E-state index in [0.717, 1.165) is 12.0 Å². The molecule has 22 heavy (non-hydrogen) atoms. The number of anilines is 1. The molecule has 1 heterocycles. The molecule has 2 rings (SSSR count). The van der Waals surface area contributed by atoms with Gasteiger partial charge < -0.3 is 10.2 Å². The van der Waals surface area contributed by atoms with Crippen LogP contribution >= 0.6 is 0 Å². The highest BCUT2D eigenvalue weighted by Gasteiger charge is 2.33. The first-order valence-corrected chi connectivity index (χ1v) is 7.52. The van der Waals surface area contributed by atoms with E-state index in [1.165, 1.54) is 18.3 Å². The summed E-state index contributed by atoms with van der Waals surface area (Å²) in [5, 5.41) is 11.6. The Bertz CT molecular complexity index is 667. The topological polar surface area (TPSA) is 56.1 Å². The zero-order valence-corrected chi connectivity index (χ0v) is 13.9. The number of carbonyl (C=O) groups excluding carboxylic acids is 1. The monoisotopic (exact) mass is 297 g/mol. The summed E-state index contributed by atoms with van der Waals surface area (Å²) in [6, 6.07) is 8.09. The van der Waals surface area contributed by atoms with Crippen LogP contribution in [-0.4, -0.2) is 25.5 Å². The van der Waals surface area contributed by atoms with Crippen LogP contribution in [0.5, 0.6) is 0 Å². The van der Waals surface area contributed by atoms with E-state index >= 15 is 0 Å². The molecule has 0 aliphatic carbocycles. The molecule has 1 atom stereocenters. The molecule has 1 N–H and O–H groups in total. The van der Waals surface area contributed by atoms with Gasteiger partial charge in [-0.2, -0.15) is 5.26 Å². The Morgan fingerprint density at radius 1 is 1.50 bits per heavy atom. The van der Waals surface area contributed by atoms with Gasteiger partial charge in [-0.05, 0) is 55.5 Å². The molecule has 1 amide bonds. The van der Waals surface area contributed by atoms with E-state index in [9.17, 15) is 4.79 Å². The molecule has 0 spiro atoms. The van der Waals surface area contributed by atoms with Gasteiger partial charge in [0.05, 0.1) is 0 Å². The third-order valence-corrected chi connectivity index (χ3v) is 4.56. The number of nitrogens with one attached hydrogen (secondary N) is 1. The Balaban J connectivity index is 2.45. The van der Waals surface area contributed by atoms with Gasteiger partial charge in [-0.15, -0.1) is 0 Å². The second kappa shape index (κ2) is 5.84. The molecule has 1 aromatic carbocycles. The van der Waals surface area contributed by atoms with Crippen LogP contribution in [0.25, 0.3) is 6.08 Å². The molecular weight excluding hydrogens is 274 g/mol. The number of hydrogen-bond donors (Lipinski definition) is 1. The fraction of sp³-hybridized carbons (Fsp3) is 0.444. The van der Waals surface area contributed by atoms with E-state index in [2.05, 4.69) is 50.2 Å². The number of fused-ring (bicyclic) bond motifs is 1. The summed E-state index contributed by atoms with van der Waals surface area (Å²) < 4.78 is 0. The van der Waals surface area contributed by atoms with Gasteiger partial charge in [0, 0.05) is 25.3 Å². The van der Waals surface area contributed by atoms with Gasteiger partial charge in [-0.1, -0.05) is 13.0 Å². The number of hydrogen-bond acceptors (Lipinski definition) is 3. The van der Waals surface area contributed by atoms with Crippen LogP contribution in [0.2, 0.25) is 0 Å². The molecule has 0 unspecified atom stereocenters. The van der Waals surface area contributed by atoms with Crippen LogP contribution in [0.4, 0.5) is 5.69 Å². The quantitative estimate of drug-likeness (QED) is 0.674. The second-order valence-electron chi connectivity index (χ2n) is 6.54. The molecule has 0 fully saturated rings. The molecule has 0 aromatic heterocycles. The standard InChI is InChI=1S/C18H23N3O/c1-12-10-18(2,3)21(5)16-7-6-13(9-15(12)16)8-14(11-19)17(22)20-4/h6-9,12H,10H2,1-5H3,(H,20,22)/b14-8-/t12-/m0/s1. The van der Waals surface area contributed by atoms with Crippen molar-refractivity contribution in [1.82, 2.24) is 5.32 Å². The molecule has 1 aliphatic heterocycles. The van der Waals surface area contributed by atoms with Crippen molar-refractivity contribution < 1.29 is 4.79 Å². The molecular formula is C18H23N3O. The molecule has 1 aromatic rings. The summed E-state index contributed by atoms with van der Waals surface area (Å²) in [5.74, 6) is 0.0895. The molecule has 4 heteroatoms. The Labute approximate surface area is 132 Å². The number of benzene rings is 1. The van der Waals surface area contributed by atoms with Gasteiger partial charge in [-0.25, -0.2) is 0 Å². The van der Waals surface area contributed by atoms with E-state index in [-0.39, 0.29) is 17.0 Å². The molecule has 0 bridgehead atoms. The number of carbonyl (C=O) groups is 1. The molecule has 0 saturated heterocycles. The van der Waals surface area contributed by atoms with Crippen molar-refractivity contribution in [3.05, 3.63) is 34.9 Å². The van der Waals surface area contributed by atoms with Gasteiger partial charge in [-0.3, -0.25) is 4.79 Å². The van der Waals surface area contributed by atoms with Crippen LogP contribution in [0.1, 0.15) is 44.2 Å². The normalized spacial score (nSPS) is 20.1. The van der Waals surface area contributed by atoms with E-state index in [1.54, 1.807) is 6.08 Å². The van der Waals surface area contributed by atoms with Gasteiger partial charge >= 0.3 is 0 Å². The van der Waals surface area contributed by atoms with E-state index < -0.39 is 0 Å². The van der Waals surface area contributed by atoms with Crippen molar-refractivity contribution in [2.24, 2.45) is 0 Å². The number of likely N-dealkylation sites (N-methyl/N-ethyl adjacent to an activating group) is 1. The summed E-state index contributed by atoms with van der Waals surface area (Å²) in [6.07, 6.45) is 2.72. The summed E-state index contributed by atoms with van der Waals surface area (Å²) in [6.45, 7) is 6.73. The number of nitriles is 1. The third-order valence-electron chi connectivity index (χ3n) is 4.56. The molecule has 0 saturated carbocycles. The minimum absolute atomic E-state index is 0.125. The van der Waals surface area contributed by atoms with Crippen molar-refractivity contribution >= 4 is 17.7 Å². The maximum atomic E-state index is 11.6. The first-order valence-electron chi connectivity index (χ1n) is 7.52. The highest BCUT2D eigenvalue weighted by molar-refractivity contribution is 6.01. The fourth-order valence-corrected chi connectivity index (χ4v) is 3.14. The van der Waals surface area contributed by atoms with Crippen molar-refractivity contribution in [2.45, 2.75) is 38.6 Å². The van der Waals surface area contributed by atoms with Gasteiger partial charge in [0.2, 0.25) is 0 Å². The van der Waals surface area contributed by atoms with Crippen molar-refractivity contribution in [3.63, 3.8) is 0 Å². The van der Waals surface area contributed by atoms with Gasteiger partial charge in [0.1, 0.15) is 11.6 Å². The number of nitrogens with zero attached hydrogens (tertiary/aromatic N) is 2. The predicted molar refractivity (Wildman–Crippen MR) is 89.6 cm³/mol. The maximum absolute atomic E-state index is 11.6. The second-order valence-corrected chi connectivity index (χ2v) is 6.54. The number of amides is 1. The molecule has 0 radical (unpaired) electrons. The highest BCUT2D eigenvalue weighted by atomic mass is 16.1. The SMILES string of the molecule is CNC(=O)/C(C#N)=C\c1ccc2c(c1)[C@@H](C)CC(C)(C)N2C. The van der Waals surface area contributed by atoms with Gasteiger partial charge in [0.15, 0.2) is 0 Å². The lowest BCUT2D eigenvalue weighted by Gasteiger charge is -2.45. The minimum atomic E-state index is -0.355. The zero-order valence-electron chi connectivity index (χ0n) is 13.9. The first kappa shape index (κ1) is 16.1. The Kier molecular flexibility index (Phi) is 4.27. The van der Waals surface area contributed by atoms with Crippen molar-refractivity contribution in [2.75, 3.05) is 19.0 Å². The maximum Gasteiger partial charge on any atom is 0.261 e. The summed E-state index contributed by atoms with van der Waals surface area (Å²) in [5.41, 5.74) is 3.63. The van der Waals surface area contributed by atoms with Crippen LogP contribution in [-0.2, 0) is 4.79 Å². The van der Waals surface area contributed by atoms with Crippen LogP contribution in [0.3, 0.4) is 0 Å². The van der Waals surface area contributed by atoms with Crippen LogP contribution in [0.15, 0.2) is 23.8 Å². The smallest absolute Gasteiger partial charge is 0.261 e. The Hall–Kier alpha value is -2.28. The van der Waals surface area contributed by atoms with E-state index in [4.69, 9.17) is 5.26 Å². The largest absolute Gasteiger partial charge is 0.369 e. The molecule has 4 nitrogen and oxygen atoms in total.